The van der Waals surface area contributed by atoms with E-state index in [4.69, 9.17) is 5.73 Å². The SMILES string of the molecule is NC(=O)Cn1ccnc1-c1ccccc1-c1ccccc1. The molecular weight excluding hydrogens is 262 g/mol. The van der Waals surface area contributed by atoms with Crippen LogP contribution >= 0.6 is 0 Å². The predicted molar refractivity (Wildman–Crippen MR) is 82.3 cm³/mol. The van der Waals surface area contributed by atoms with Crippen LogP contribution in [-0.4, -0.2) is 15.5 Å². The van der Waals surface area contributed by atoms with Crippen molar-refractivity contribution in [2.24, 2.45) is 5.73 Å². The van der Waals surface area contributed by atoms with E-state index >= 15 is 0 Å². The van der Waals surface area contributed by atoms with Crippen LogP contribution in [0.3, 0.4) is 0 Å². The van der Waals surface area contributed by atoms with E-state index in [1.807, 2.05) is 42.5 Å². The van der Waals surface area contributed by atoms with E-state index in [1.54, 1.807) is 17.0 Å². The number of aromatic nitrogens is 2. The van der Waals surface area contributed by atoms with E-state index in [0.29, 0.717) is 0 Å². The van der Waals surface area contributed by atoms with Gasteiger partial charge >= 0.3 is 0 Å². The number of benzene rings is 2. The second-order valence-corrected chi connectivity index (χ2v) is 4.76. The summed E-state index contributed by atoms with van der Waals surface area (Å²) in [6.07, 6.45) is 3.45. The maximum Gasteiger partial charge on any atom is 0.237 e. The van der Waals surface area contributed by atoms with Crippen LogP contribution < -0.4 is 5.73 Å². The molecule has 1 heterocycles. The van der Waals surface area contributed by atoms with Gasteiger partial charge in [-0.2, -0.15) is 0 Å². The summed E-state index contributed by atoms with van der Waals surface area (Å²) < 4.78 is 1.77. The largest absolute Gasteiger partial charge is 0.368 e. The Labute approximate surface area is 122 Å². The Morgan fingerprint density at radius 1 is 1.00 bits per heavy atom. The van der Waals surface area contributed by atoms with Gasteiger partial charge in [-0.15, -0.1) is 0 Å². The monoisotopic (exact) mass is 277 g/mol. The second-order valence-electron chi connectivity index (χ2n) is 4.76. The maximum atomic E-state index is 11.2. The highest BCUT2D eigenvalue weighted by Crippen LogP contribution is 2.30. The number of hydrogen-bond acceptors (Lipinski definition) is 2. The number of carbonyl (C=O) groups excluding carboxylic acids is 1. The van der Waals surface area contributed by atoms with Crippen molar-refractivity contribution in [1.29, 1.82) is 0 Å². The van der Waals surface area contributed by atoms with E-state index < -0.39 is 0 Å². The summed E-state index contributed by atoms with van der Waals surface area (Å²) in [5, 5.41) is 0. The van der Waals surface area contributed by atoms with E-state index in [1.165, 1.54) is 0 Å². The smallest absolute Gasteiger partial charge is 0.237 e. The number of carbonyl (C=O) groups is 1. The topological polar surface area (TPSA) is 60.9 Å². The number of amides is 1. The molecule has 0 spiro atoms. The lowest BCUT2D eigenvalue weighted by molar-refractivity contribution is -0.118. The number of primary amides is 1. The third-order valence-electron chi connectivity index (χ3n) is 3.29. The lowest BCUT2D eigenvalue weighted by atomic mass is 9.99. The van der Waals surface area contributed by atoms with Gasteiger partial charge in [0, 0.05) is 18.0 Å². The van der Waals surface area contributed by atoms with Crippen molar-refractivity contribution >= 4 is 5.91 Å². The molecule has 1 amide bonds. The van der Waals surface area contributed by atoms with Gasteiger partial charge in [-0.1, -0.05) is 54.6 Å². The standard InChI is InChI=1S/C17H15N3O/c18-16(21)12-20-11-10-19-17(20)15-9-5-4-8-14(15)13-6-2-1-3-7-13/h1-11H,12H2,(H2,18,21). The van der Waals surface area contributed by atoms with Gasteiger partial charge < -0.3 is 10.3 Å². The zero-order valence-electron chi connectivity index (χ0n) is 11.4. The lowest BCUT2D eigenvalue weighted by Crippen LogP contribution is -2.18. The molecule has 0 aliphatic carbocycles. The van der Waals surface area contributed by atoms with Gasteiger partial charge in [-0.3, -0.25) is 4.79 Å². The van der Waals surface area contributed by atoms with Gasteiger partial charge in [0.1, 0.15) is 12.4 Å². The highest BCUT2D eigenvalue weighted by molar-refractivity contribution is 5.81. The van der Waals surface area contributed by atoms with Crippen LogP contribution in [0.4, 0.5) is 0 Å². The fourth-order valence-electron chi connectivity index (χ4n) is 2.40. The number of nitrogens with two attached hydrogens (primary N) is 1. The molecule has 3 aromatic rings. The third-order valence-corrected chi connectivity index (χ3v) is 3.29. The van der Waals surface area contributed by atoms with Gasteiger partial charge in [0.15, 0.2) is 0 Å². The van der Waals surface area contributed by atoms with Crippen molar-refractivity contribution in [2.45, 2.75) is 6.54 Å². The minimum atomic E-state index is -0.383. The summed E-state index contributed by atoms with van der Waals surface area (Å²) in [5.41, 5.74) is 8.47. The molecular formula is C17H15N3O. The van der Waals surface area contributed by atoms with Crippen LogP contribution in [0.1, 0.15) is 0 Å². The van der Waals surface area contributed by atoms with Crippen molar-refractivity contribution < 1.29 is 4.79 Å². The third kappa shape index (κ3) is 2.69. The zero-order valence-corrected chi connectivity index (χ0v) is 11.4. The summed E-state index contributed by atoms with van der Waals surface area (Å²) in [6.45, 7) is 0.123. The van der Waals surface area contributed by atoms with Crippen LogP contribution in [0, 0.1) is 0 Å². The minimum absolute atomic E-state index is 0.123. The first-order chi connectivity index (χ1) is 10.3. The van der Waals surface area contributed by atoms with Crippen molar-refractivity contribution in [3.05, 3.63) is 67.0 Å². The van der Waals surface area contributed by atoms with Crippen molar-refractivity contribution in [2.75, 3.05) is 0 Å². The van der Waals surface area contributed by atoms with Crippen molar-refractivity contribution in [3.63, 3.8) is 0 Å². The summed E-state index contributed by atoms with van der Waals surface area (Å²) in [6, 6.07) is 18.1. The average molecular weight is 277 g/mol. The normalized spacial score (nSPS) is 10.5. The molecule has 3 rings (SSSR count). The predicted octanol–water partition coefficient (Wildman–Crippen LogP) is 2.70. The van der Waals surface area contributed by atoms with Gasteiger partial charge in [-0.05, 0) is 11.1 Å². The molecule has 0 bridgehead atoms. The summed E-state index contributed by atoms with van der Waals surface area (Å²) >= 11 is 0. The number of nitrogens with zero attached hydrogens (tertiary/aromatic N) is 2. The van der Waals surface area contributed by atoms with Crippen LogP contribution in [0.15, 0.2) is 67.0 Å². The molecule has 1 aromatic heterocycles. The zero-order chi connectivity index (χ0) is 14.7. The van der Waals surface area contributed by atoms with Gasteiger partial charge in [0.25, 0.3) is 0 Å². The first-order valence-corrected chi connectivity index (χ1v) is 6.70. The summed E-state index contributed by atoms with van der Waals surface area (Å²) in [7, 11) is 0. The van der Waals surface area contributed by atoms with Gasteiger partial charge in [0.05, 0.1) is 0 Å². The minimum Gasteiger partial charge on any atom is -0.368 e. The fourth-order valence-corrected chi connectivity index (χ4v) is 2.40. The molecule has 0 aliphatic heterocycles. The Morgan fingerprint density at radius 3 is 2.38 bits per heavy atom. The summed E-state index contributed by atoms with van der Waals surface area (Å²) in [4.78, 5) is 15.6. The molecule has 4 nitrogen and oxygen atoms in total. The number of imidazole rings is 1. The first kappa shape index (κ1) is 13.1. The Morgan fingerprint density at radius 2 is 1.67 bits per heavy atom. The molecule has 0 radical (unpaired) electrons. The van der Waals surface area contributed by atoms with Crippen LogP contribution in [0.5, 0.6) is 0 Å². The molecule has 0 saturated heterocycles. The molecule has 0 saturated carbocycles. The van der Waals surface area contributed by atoms with E-state index in [0.717, 1.165) is 22.5 Å². The quantitative estimate of drug-likeness (QED) is 0.797. The fraction of sp³-hybridized carbons (Fsp3) is 0.0588. The highest BCUT2D eigenvalue weighted by atomic mass is 16.1. The molecule has 0 unspecified atom stereocenters. The Hall–Kier alpha value is -2.88. The van der Waals surface area contributed by atoms with Crippen LogP contribution in [0.2, 0.25) is 0 Å². The van der Waals surface area contributed by atoms with Gasteiger partial charge in [-0.25, -0.2) is 4.98 Å². The number of hydrogen-bond donors (Lipinski definition) is 1. The molecule has 0 atom stereocenters. The van der Waals surface area contributed by atoms with Crippen molar-refractivity contribution in [3.8, 4) is 22.5 Å². The average Bonchev–Trinajstić information content (AvgIpc) is 2.95. The van der Waals surface area contributed by atoms with Crippen molar-refractivity contribution in [1.82, 2.24) is 9.55 Å². The Kier molecular flexibility index (Phi) is 3.51. The van der Waals surface area contributed by atoms with Crippen LogP contribution in [-0.2, 0) is 11.3 Å². The molecule has 2 N–H and O–H groups in total. The van der Waals surface area contributed by atoms with Crippen LogP contribution in [0.25, 0.3) is 22.5 Å². The molecule has 0 fully saturated rings. The summed E-state index contributed by atoms with van der Waals surface area (Å²) in [5.74, 6) is 0.361. The Balaban J connectivity index is 2.12. The van der Waals surface area contributed by atoms with E-state index in [9.17, 15) is 4.79 Å². The Bertz CT molecular complexity index is 762. The van der Waals surface area contributed by atoms with E-state index in [-0.39, 0.29) is 12.5 Å². The molecule has 4 heteroatoms. The first-order valence-electron chi connectivity index (χ1n) is 6.70. The molecule has 0 aliphatic rings. The lowest BCUT2D eigenvalue weighted by Gasteiger charge is -2.11. The number of rotatable bonds is 4. The molecule has 2 aromatic carbocycles. The maximum absolute atomic E-state index is 11.2. The van der Waals surface area contributed by atoms with E-state index in [2.05, 4.69) is 17.1 Å². The molecule has 21 heavy (non-hydrogen) atoms. The molecule has 104 valence electrons. The van der Waals surface area contributed by atoms with Gasteiger partial charge in [0.2, 0.25) is 5.91 Å². The highest BCUT2D eigenvalue weighted by Gasteiger charge is 2.12. The second kappa shape index (κ2) is 5.63.